The number of halogens is 1. The molecule has 1 saturated heterocycles. The Morgan fingerprint density at radius 1 is 0.906 bits per heavy atom. The van der Waals surface area contributed by atoms with E-state index in [2.05, 4.69) is 0 Å². The standard InChI is InChI=1S/C25H22ClNO4S/c1-29-20-14-17(15-21(30-2)23(20)31-3)25-27(19-11-9-18(26)10-12-19)24(28)22(32-25)13-16-7-5-4-6-8-16/h4-15,25H,1-3H3/b22-13-. The van der Waals surface area contributed by atoms with E-state index in [0.29, 0.717) is 27.2 Å². The summed E-state index contributed by atoms with van der Waals surface area (Å²) in [4.78, 5) is 15.9. The second-order valence-electron chi connectivity index (χ2n) is 7.00. The predicted octanol–water partition coefficient (Wildman–Crippen LogP) is 6.19. The third kappa shape index (κ3) is 4.29. The van der Waals surface area contributed by atoms with Gasteiger partial charge in [0.1, 0.15) is 5.37 Å². The Bertz CT molecular complexity index is 1120. The van der Waals surface area contributed by atoms with Crippen LogP contribution < -0.4 is 19.1 Å². The Morgan fingerprint density at radius 3 is 2.09 bits per heavy atom. The van der Waals surface area contributed by atoms with Crippen molar-refractivity contribution in [2.45, 2.75) is 5.37 Å². The number of rotatable bonds is 6. The first-order valence-electron chi connectivity index (χ1n) is 9.88. The van der Waals surface area contributed by atoms with E-state index in [4.69, 9.17) is 25.8 Å². The van der Waals surface area contributed by atoms with Gasteiger partial charge in [0.15, 0.2) is 11.5 Å². The molecule has 1 unspecified atom stereocenters. The molecule has 32 heavy (non-hydrogen) atoms. The normalized spacial score (nSPS) is 17.0. The SMILES string of the molecule is COc1cc(C2S/C(=C\c3ccccc3)C(=O)N2c2ccc(Cl)cc2)cc(OC)c1OC. The van der Waals surface area contributed by atoms with Crippen molar-refractivity contribution in [3.63, 3.8) is 0 Å². The van der Waals surface area contributed by atoms with Crippen LogP contribution >= 0.6 is 23.4 Å². The van der Waals surface area contributed by atoms with Crippen LogP contribution in [0.25, 0.3) is 6.08 Å². The molecule has 1 aliphatic rings. The number of hydrogen-bond donors (Lipinski definition) is 0. The number of nitrogens with zero attached hydrogens (tertiary/aromatic N) is 1. The third-order valence-corrected chi connectivity index (χ3v) is 6.58. The van der Waals surface area contributed by atoms with Crippen LogP contribution in [0, 0.1) is 0 Å². The minimum absolute atomic E-state index is 0.0834. The molecule has 0 radical (unpaired) electrons. The molecule has 0 spiro atoms. The van der Waals surface area contributed by atoms with E-state index >= 15 is 0 Å². The van der Waals surface area contributed by atoms with Crippen molar-refractivity contribution in [1.29, 1.82) is 0 Å². The number of carbonyl (C=O) groups excluding carboxylic acids is 1. The molecule has 3 aromatic carbocycles. The van der Waals surface area contributed by atoms with Gasteiger partial charge in [0.2, 0.25) is 5.75 Å². The summed E-state index contributed by atoms with van der Waals surface area (Å²) in [6.07, 6.45) is 1.91. The lowest BCUT2D eigenvalue weighted by Crippen LogP contribution is -2.27. The Morgan fingerprint density at radius 2 is 1.53 bits per heavy atom. The molecule has 3 aromatic rings. The van der Waals surface area contributed by atoms with Crippen molar-refractivity contribution >= 4 is 41.0 Å². The van der Waals surface area contributed by atoms with Crippen LogP contribution in [0.5, 0.6) is 17.2 Å². The van der Waals surface area contributed by atoms with Gasteiger partial charge in [-0.3, -0.25) is 9.69 Å². The predicted molar refractivity (Wildman–Crippen MR) is 130 cm³/mol. The zero-order chi connectivity index (χ0) is 22.7. The molecule has 1 aliphatic heterocycles. The van der Waals surface area contributed by atoms with E-state index in [-0.39, 0.29) is 11.3 Å². The van der Waals surface area contributed by atoms with Crippen molar-refractivity contribution in [3.05, 3.63) is 87.8 Å². The van der Waals surface area contributed by atoms with Gasteiger partial charge in [0.25, 0.3) is 5.91 Å². The number of benzene rings is 3. The van der Waals surface area contributed by atoms with Crippen LogP contribution in [-0.4, -0.2) is 27.2 Å². The molecule has 1 heterocycles. The number of amides is 1. The first-order chi connectivity index (χ1) is 15.5. The van der Waals surface area contributed by atoms with Gasteiger partial charge in [-0.1, -0.05) is 53.7 Å². The number of ether oxygens (including phenoxy) is 3. The summed E-state index contributed by atoms with van der Waals surface area (Å²) in [7, 11) is 4.71. The fraction of sp³-hybridized carbons (Fsp3) is 0.160. The number of hydrogen-bond acceptors (Lipinski definition) is 5. The highest BCUT2D eigenvalue weighted by molar-refractivity contribution is 8.05. The van der Waals surface area contributed by atoms with E-state index in [1.807, 2.05) is 60.7 Å². The maximum absolute atomic E-state index is 13.5. The third-order valence-electron chi connectivity index (χ3n) is 5.08. The van der Waals surface area contributed by atoms with E-state index in [1.165, 1.54) is 11.8 Å². The Labute approximate surface area is 196 Å². The van der Waals surface area contributed by atoms with Crippen molar-refractivity contribution < 1.29 is 19.0 Å². The Kier molecular flexibility index (Phi) is 6.63. The fourth-order valence-electron chi connectivity index (χ4n) is 3.56. The first kappa shape index (κ1) is 22.1. The van der Waals surface area contributed by atoms with Gasteiger partial charge < -0.3 is 14.2 Å². The van der Waals surface area contributed by atoms with Crippen molar-refractivity contribution in [1.82, 2.24) is 0 Å². The van der Waals surface area contributed by atoms with E-state index in [0.717, 1.165) is 16.8 Å². The van der Waals surface area contributed by atoms with Gasteiger partial charge in [-0.15, -0.1) is 0 Å². The highest BCUT2D eigenvalue weighted by Crippen LogP contribution is 2.51. The van der Waals surface area contributed by atoms with Gasteiger partial charge >= 0.3 is 0 Å². The molecule has 1 fully saturated rings. The minimum Gasteiger partial charge on any atom is -0.493 e. The molecule has 1 atom stereocenters. The van der Waals surface area contributed by atoms with Gasteiger partial charge in [-0.25, -0.2) is 0 Å². The van der Waals surface area contributed by atoms with Crippen LogP contribution in [0.4, 0.5) is 5.69 Å². The lowest BCUT2D eigenvalue weighted by molar-refractivity contribution is -0.114. The topological polar surface area (TPSA) is 48.0 Å². The largest absolute Gasteiger partial charge is 0.493 e. The zero-order valence-corrected chi connectivity index (χ0v) is 19.4. The maximum Gasteiger partial charge on any atom is 0.266 e. The Hall–Kier alpha value is -3.09. The number of methoxy groups -OCH3 is 3. The summed E-state index contributed by atoms with van der Waals surface area (Å²) >= 11 is 7.57. The van der Waals surface area contributed by atoms with Crippen molar-refractivity contribution in [2.24, 2.45) is 0 Å². The molecular formula is C25H22ClNO4S. The summed E-state index contributed by atoms with van der Waals surface area (Å²) < 4.78 is 16.5. The summed E-state index contributed by atoms with van der Waals surface area (Å²) in [5.74, 6) is 1.49. The lowest BCUT2D eigenvalue weighted by atomic mass is 10.1. The second-order valence-corrected chi connectivity index (χ2v) is 8.56. The molecule has 1 amide bonds. The highest BCUT2D eigenvalue weighted by Gasteiger charge is 2.39. The van der Waals surface area contributed by atoms with Gasteiger partial charge in [-0.05, 0) is 53.6 Å². The molecular weight excluding hydrogens is 446 g/mol. The second kappa shape index (κ2) is 9.59. The number of carbonyl (C=O) groups is 1. The molecule has 0 N–H and O–H groups in total. The molecule has 7 heteroatoms. The number of thioether (sulfide) groups is 1. The van der Waals surface area contributed by atoms with Gasteiger partial charge in [-0.2, -0.15) is 0 Å². The summed E-state index contributed by atoms with van der Waals surface area (Å²) in [5, 5.41) is 0.282. The van der Waals surface area contributed by atoms with Crippen molar-refractivity contribution in [2.75, 3.05) is 26.2 Å². The van der Waals surface area contributed by atoms with E-state index < -0.39 is 0 Å². The van der Waals surface area contributed by atoms with E-state index in [1.54, 1.807) is 38.4 Å². The average Bonchev–Trinajstić information content (AvgIpc) is 3.15. The maximum atomic E-state index is 13.5. The summed E-state index contributed by atoms with van der Waals surface area (Å²) in [5.41, 5.74) is 2.57. The quantitative estimate of drug-likeness (QED) is 0.405. The molecule has 0 saturated carbocycles. The molecule has 164 valence electrons. The molecule has 5 nitrogen and oxygen atoms in total. The smallest absolute Gasteiger partial charge is 0.266 e. The minimum atomic E-state index is -0.327. The zero-order valence-electron chi connectivity index (χ0n) is 17.9. The van der Waals surface area contributed by atoms with Crippen molar-refractivity contribution in [3.8, 4) is 17.2 Å². The van der Waals surface area contributed by atoms with Crippen LogP contribution in [-0.2, 0) is 4.79 Å². The lowest BCUT2D eigenvalue weighted by Gasteiger charge is -2.25. The molecule has 4 rings (SSSR count). The van der Waals surface area contributed by atoms with E-state index in [9.17, 15) is 4.79 Å². The Balaban J connectivity index is 1.83. The monoisotopic (exact) mass is 467 g/mol. The molecule has 0 aliphatic carbocycles. The van der Waals surface area contributed by atoms with Crippen LogP contribution in [0.1, 0.15) is 16.5 Å². The van der Waals surface area contributed by atoms with Gasteiger partial charge in [0, 0.05) is 10.7 Å². The molecule has 0 aromatic heterocycles. The van der Waals surface area contributed by atoms with Crippen LogP contribution in [0.2, 0.25) is 5.02 Å². The highest BCUT2D eigenvalue weighted by atomic mass is 35.5. The van der Waals surface area contributed by atoms with Crippen LogP contribution in [0.15, 0.2) is 71.6 Å². The summed E-state index contributed by atoms with van der Waals surface area (Å²) in [6.45, 7) is 0. The summed E-state index contributed by atoms with van der Waals surface area (Å²) in [6, 6.07) is 20.8. The van der Waals surface area contributed by atoms with Gasteiger partial charge in [0.05, 0.1) is 26.2 Å². The fourth-order valence-corrected chi connectivity index (χ4v) is 4.93. The average molecular weight is 468 g/mol. The first-order valence-corrected chi connectivity index (χ1v) is 11.1. The molecule has 0 bridgehead atoms. The van der Waals surface area contributed by atoms with Crippen LogP contribution in [0.3, 0.4) is 0 Å². The number of anilines is 1.